The Morgan fingerprint density at radius 2 is 1.87 bits per heavy atom. The summed E-state index contributed by atoms with van der Waals surface area (Å²) < 4.78 is 42.1. The van der Waals surface area contributed by atoms with Gasteiger partial charge in [0.15, 0.2) is 0 Å². The summed E-state index contributed by atoms with van der Waals surface area (Å²) in [5.41, 5.74) is 3.69. The molecule has 1 N–H and O–H groups in total. The highest BCUT2D eigenvalue weighted by molar-refractivity contribution is 7.90. The lowest BCUT2D eigenvalue weighted by molar-refractivity contribution is 0.585. The van der Waals surface area contributed by atoms with E-state index in [0.29, 0.717) is 24.2 Å². The van der Waals surface area contributed by atoms with E-state index in [0.717, 1.165) is 16.7 Å². The van der Waals surface area contributed by atoms with Gasteiger partial charge in [-0.3, -0.25) is 4.98 Å². The highest BCUT2D eigenvalue weighted by Crippen LogP contribution is 2.26. The zero-order chi connectivity index (χ0) is 21.8. The van der Waals surface area contributed by atoms with E-state index in [4.69, 9.17) is 0 Å². The van der Waals surface area contributed by atoms with Gasteiger partial charge in [0.25, 0.3) is 10.0 Å². The first-order valence-electron chi connectivity index (χ1n) is 9.84. The van der Waals surface area contributed by atoms with Crippen molar-refractivity contribution in [3.63, 3.8) is 0 Å². The maximum Gasteiger partial charge on any atom is 0.269 e. The second kappa shape index (κ2) is 8.83. The standard InChI is InChI=1S/C24H22FN3O2S/c1-26-16-20-11-13-28(31(29,30)21-8-5-12-27-17-21)24(20)15-18-6-4-7-19(14-18)22-9-2-3-10-23(22)25/h2-14,17,26H,15-16H2,1H3. The molecule has 0 aliphatic heterocycles. The summed E-state index contributed by atoms with van der Waals surface area (Å²) in [6.07, 6.45) is 4.84. The fraction of sp³-hybridized carbons (Fsp3) is 0.125. The molecule has 2 heterocycles. The molecule has 0 aliphatic carbocycles. The van der Waals surface area contributed by atoms with Crippen LogP contribution in [0.1, 0.15) is 16.8 Å². The third kappa shape index (κ3) is 4.28. The Bertz CT molecular complexity index is 1300. The molecule has 0 saturated carbocycles. The van der Waals surface area contributed by atoms with Crippen LogP contribution in [0.2, 0.25) is 0 Å². The van der Waals surface area contributed by atoms with Gasteiger partial charge in [-0.2, -0.15) is 0 Å². The van der Waals surface area contributed by atoms with Gasteiger partial charge in [0.05, 0.1) is 0 Å². The molecule has 158 valence electrons. The molecule has 0 amide bonds. The molecule has 2 aromatic carbocycles. The Balaban J connectivity index is 1.76. The minimum Gasteiger partial charge on any atom is -0.316 e. The number of benzene rings is 2. The number of hydrogen-bond acceptors (Lipinski definition) is 4. The molecule has 4 rings (SSSR count). The normalized spacial score (nSPS) is 11.5. The lowest BCUT2D eigenvalue weighted by atomic mass is 10.00. The fourth-order valence-electron chi connectivity index (χ4n) is 3.60. The van der Waals surface area contributed by atoms with Gasteiger partial charge in [0.1, 0.15) is 10.7 Å². The molecule has 31 heavy (non-hydrogen) atoms. The second-order valence-corrected chi connectivity index (χ2v) is 8.98. The van der Waals surface area contributed by atoms with E-state index in [1.54, 1.807) is 36.5 Å². The Hall–Kier alpha value is -3.29. The molecule has 0 spiro atoms. The average Bonchev–Trinajstić information content (AvgIpc) is 3.18. The van der Waals surface area contributed by atoms with Gasteiger partial charge in [-0.05, 0) is 48.0 Å². The van der Waals surface area contributed by atoms with Gasteiger partial charge < -0.3 is 5.32 Å². The summed E-state index contributed by atoms with van der Waals surface area (Å²) in [6, 6.07) is 19.1. The number of hydrogen-bond donors (Lipinski definition) is 1. The highest BCUT2D eigenvalue weighted by atomic mass is 32.2. The van der Waals surface area contributed by atoms with E-state index in [2.05, 4.69) is 10.3 Å². The Kier molecular flexibility index (Phi) is 5.97. The van der Waals surface area contributed by atoms with Crippen LogP contribution >= 0.6 is 0 Å². The van der Waals surface area contributed by atoms with E-state index in [1.165, 1.54) is 28.5 Å². The van der Waals surface area contributed by atoms with E-state index in [9.17, 15) is 12.8 Å². The van der Waals surface area contributed by atoms with Crippen LogP contribution in [0, 0.1) is 5.82 Å². The van der Waals surface area contributed by atoms with Gasteiger partial charge in [-0.25, -0.2) is 16.8 Å². The zero-order valence-corrected chi connectivity index (χ0v) is 17.8. The lowest BCUT2D eigenvalue weighted by Crippen LogP contribution is -2.17. The molecule has 0 unspecified atom stereocenters. The van der Waals surface area contributed by atoms with E-state index >= 15 is 0 Å². The molecule has 7 heteroatoms. The first kappa shape index (κ1) is 21.0. The monoisotopic (exact) mass is 435 g/mol. The molecule has 0 saturated heterocycles. The quantitative estimate of drug-likeness (QED) is 0.472. The molecular formula is C24H22FN3O2S. The summed E-state index contributed by atoms with van der Waals surface area (Å²) in [5.74, 6) is -0.293. The third-order valence-corrected chi connectivity index (χ3v) is 6.79. The molecule has 0 atom stereocenters. The number of nitrogens with one attached hydrogen (secondary N) is 1. The lowest BCUT2D eigenvalue weighted by Gasteiger charge is -2.13. The minimum absolute atomic E-state index is 0.128. The summed E-state index contributed by atoms with van der Waals surface area (Å²) in [6.45, 7) is 0.526. The third-order valence-electron chi connectivity index (χ3n) is 5.09. The highest BCUT2D eigenvalue weighted by Gasteiger charge is 2.22. The number of rotatable bonds is 7. The van der Waals surface area contributed by atoms with Crippen molar-refractivity contribution in [1.29, 1.82) is 0 Å². The van der Waals surface area contributed by atoms with Gasteiger partial charge >= 0.3 is 0 Å². The minimum atomic E-state index is -3.79. The molecule has 0 fully saturated rings. The Morgan fingerprint density at radius 3 is 2.61 bits per heavy atom. The summed E-state index contributed by atoms with van der Waals surface area (Å²) in [5, 5.41) is 3.09. The number of nitrogens with zero attached hydrogens (tertiary/aromatic N) is 2. The van der Waals surface area contributed by atoms with Gasteiger partial charge in [0, 0.05) is 42.8 Å². The van der Waals surface area contributed by atoms with Crippen molar-refractivity contribution < 1.29 is 12.8 Å². The van der Waals surface area contributed by atoms with Gasteiger partial charge in [-0.1, -0.05) is 42.5 Å². The second-order valence-electron chi connectivity index (χ2n) is 7.16. The fourth-order valence-corrected chi connectivity index (χ4v) is 4.97. The smallest absolute Gasteiger partial charge is 0.269 e. The van der Waals surface area contributed by atoms with Crippen molar-refractivity contribution in [2.75, 3.05) is 7.05 Å². The van der Waals surface area contributed by atoms with E-state index < -0.39 is 10.0 Å². The Morgan fingerprint density at radius 1 is 1.03 bits per heavy atom. The predicted octanol–water partition coefficient (Wildman–Crippen LogP) is 4.24. The van der Waals surface area contributed by atoms with Crippen LogP contribution in [-0.4, -0.2) is 24.4 Å². The molecule has 0 radical (unpaired) electrons. The molecule has 2 aromatic heterocycles. The molecule has 5 nitrogen and oxygen atoms in total. The van der Waals surface area contributed by atoms with Crippen LogP contribution in [0.3, 0.4) is 0 Å². The van der Waals surface area contributed by atoms with E-state index in [-0.39, 0.29) is 10.7 Å². The van der Waals surface area contributed by atoms with Gasteiger partial charge in [-0.15, -0.1) is 0 Å². The summed E-state index contributed by atoms with van der Waals surface area (Å²) >= 11 is 0. The van der Waals surface area contributed by atoms with Crippen LogP contribution < -0.4 is 5.32 Å². The van der Waals surface area contributed by atoms with Crippen molar-refractivity contribution in [2.45, 2.75) is 17.9 Å². The van der Waals surface area contributed by atoms with Crippen LogP contribution in [0.25, 0.3) is 11.1 Å². The van der Waals surface area contributed by atoms with E-state index in [1.807, 2.05) is 31.3 Å². The van der Waals surface area contributed by atoms with Crippen molar-refractivity contribution in [2.24, 2.45) is 0 Å². The first-order valence-corrected chi connectivity index (χ1v) is 11.3. The van der Waals surface area contributed by atoms with Crippen LogP contribution in [0.4, 0.5) is 4.39 Å². The van der Waals surface area contributed by atoms with Crippen molar-refractivity contribution >= 4 is 10.0 Å². The van der Waals surface area contributed by atoms with Gasteiger partial charge in [0.2, 0.25) is 0 Å². The molecule has 0 bridgehead atoms. The largest absolute Gasteiger partial charge is 0.316 e. The van der Waals surface area contributed by atoms with Crippen LogP contribution in [0.5, 0.6) is 0 Å². The Labute approximate surface area is 181 Å². The predicted molar refractivity (Wildman–Crippen MR) is 119 cm³/mol. The van der Waals surface area contributed by atoms with Crippen LogP contribution in [-0.2, 0) is 23.0 Å². The van der Waals surface area contributed by atoms with Crippen molar-refractivity contribution in [1.82, 2.24) is 14.3 Å². The molecule has 0 aliphatic rings. The summed E-state index contributed by atoms with van der Waals surface area (Å²) in [7, 11) is -1.97. The SMILES string of the molecule is CNCc1ccn(S(=O)(=O)c2cccnc2)c1Cc1cccc(-c2ccccc2F)c1. The molecule has 4 aromatic rings. The molecular weight excluding hydrogens is 413 g/mol. The number of aromatic nitrogens is 2. The zero-order valence-electron chi connectivity index (χ0n) is 17.0. The van der Waals surface area contributed by atoms with Crippen molar-refractivity contribution in [3.05, 3.63) is 108 Å². The van der Waals surface area contributed by atoms with Crippen LogP contribution in [0.15, 0.2) is 90.2 Å². The maximum absolute atomic E-state index is 14.3. The summed E-state index contributed by atoms with van der Waals surface area (Å²) in [4.78, 5) is 4.07. The topological polar surface area (TPSA) is 64.0 Å². The maximum atomic E-state index is 14.3. The number of halogens is 1. The van der Waals surface area contributed by atoms with Crippen molar-refractivity contribution in [3.8, 4) is 11.1 Å². The number of pyridine rings is 1. The average molecular weight is 436 g/mol. The first-order chi connectivity index (χ1) is 15.0.